The van der Waals surface area contributed by atoms with E-state index in [0.29, 0.717) is 17.1 Å². The van der Waals surface area contributed by atoms with Crippen molar-refractivity contribution in [3.05, 3.63) is 35.9 Å². The van der Waals surface area contributed by atoms with Crippen molar-refractivity contribution >= 4 is 5.69 Å². The Balaban J connectivity index is 2.16. The van der Waals surface area contributed by atoms with Crippen LogP contribution in [0.15, 0.2) is 24.4 Å². The highest BCUT2D eigenvalue weighted by atomic mass is 19.1. The van der Waals surface area contributed by atoms with Gasteiger partial charge in [-0.3, -0.25) is 4.68 Å². The molecule has 0 aliphatic rings. The summed E-state index contributed by atoms with van der Waals surface area (Å²) in [5, 5.41) is 16.0. The fourth-order valence-corrected chi connectivity index (χ4v) is 2.22. The van der Waals surface area contributed by atoms with Gasteiger partial charge in [0.05, 0.1) is 11.9 Å². The maximum atomic E-state index is 13.5. The maximum absolute atomic E-state index is 13.5. The summed E-state index contributed by atoms with van der Waals surface area (Å²) in [7, 11) is 1.83. The molecular weight excluding hydrogens is 273 g/mol. The zero-order valence-corrected chi connectivity index (χ0v) is 11.7. The molecule has 0 amide bonds. The van der Waals surface area contributed by atoms with Crippen molar-refractivity contribution in [2.75, 3.05) is 5.73 Å². The van der Waals surface area contributed by atoms with Gasteiger partial charge in [-0.25, -0.2) is 4.39 Å². The second kappa shape index (κ2) is 4.97. The fraction of sp³-hybridized carbons (Fsp3) is 0.231. The molecule has 2 N–H and O–H groups in total. The van der Waals surface area contributed by atoms with E-state index in [-0.39, 0.29) is 0 Å². The van der Waals surface area contributed by atoms with Gasteiger partial charge in [-0.1, -0.05) is 6.92 Å². The number of anilines is 1. The van der Waals surface area contributed by atoms with Crippen LogP contribution in [0.4, 0.5) is 10.1 Å². The van der Waals surface area contributed by atoms with E-state index < -0.39 is 5.82 Å². The van der Waals surface area contributed by atoms with Gasteiger partial charge in [-0.2, -0.15) is 9.78 Å². The van der Waals surface area contributed by atoms with Crippen molar-refractivity contribution in [3.8, 4) is 17.1 Å². The summed E-state index contributed by atoms with van der Waals surface area (Å²) in [6, 6.07) is 4.23. The van der Waals surface area contributed by atoms with E-state index in [9.17, 15) is 4.39 Å². The van der Waals surface area contributed by atoms with Crippen molar-refractivity contribution in [2.45, 2.75) is 13.3 Å². The molecule has 0 saturated heterocycles. The highest BCUT2D eigenvalue weighted by Gasteiger charge is 2.16. The average Bonchev–Trinajstić information content (AvgIpc) is 3.02. The molecule has 2 heterocycles. The van der Waals surface area contributed by atoms with Gasteiger partial charge in [0.25, 0.3) is 0 Å². The van der Waals surface area contributed by atoms with Crippen LogP contribution in [-0.2, 0) is 13.5 Å². The monoisotopic (exact) mass is 287 g/mol. The zero-order chi connectivity index (χ0) is 15.0. The summed E-state index contributed by atoms with van der Waals surface area (Å²) in [6.07, 6.45) is 2.56. The fourth-order valence-electron chi connectivity index (χ4n) is 2.22. The zero-order valence-electron chi connectivity index (χ0n) is 11.7. The normalized spacial score (nSPS) is 11.0. The van der Waals surface area contributed by atoms with E-state index in [1.165, 1.54) is 12.1 Å². The lowest BCUT2D eigenvalue weighted by Gasteiger charge is -2.05. The number of aromatic nitrogens is 6. The second-order valence-electron chi connectivity index (χ2n) is 4.68. The smallest absolute Gasteiger partial charge is 0.187 e. The number of benzene rings is 1. The number of hydrogen-bond donors (Lipinski definition) is 1. The first kappa shape index (κ1) is 13.2. The third-order valence-electron chi connectivity index (χ3n) is 3.09. The molecular formula is C13H14FN7. The number of nitrogens with zero attached hydrogens (tertiary/aromatic N) is 6. The van der Waals surface area contributed by atoms with Crippen LogP contribution in [0.25, 0.3) is 17.1 Å². The molecule has 0 bridgehead atoms. The predicted octanol–water partition coefficient (Wildman–Crippen LogP) is 1.35. The number of nitrogen functional groups attached to an aromatic ring is 1. The van der Waals surface area contributed by atoms with Gasteiger partial charge in [0.15, 0.2) is 5.82 Å². The Hall–Kier alpha value is -2.77. The van der Waals surface area contributed by atoms with E-state index in [0.717, 1.165) is 17.8 Å². The van der Waals surface area contributed by atoms with E-state index in [4.69, 9.17) is 5.73 Å². The molecule has 0 fully saturated rings. The van der Waals surface area contributed by atoms with Crippen LogP contribution in [0.2, 0.25) is 0 Å². The first-order valence-corrected chi connectivity index (χ1v) is 6.46. The highest BCUT2D eigenvalue weighted by Crippen LogP contribution is 2.24. The van der Waals surface area contributed by atoms with E-state index in [2.05, 4.69) is 20.6 Å². The van der Waals surface area contributed by atoms with Crippen molar-refractivity contribution in [3.63, 3.8) is 0 Å². The van der Waals surface area contributed by atoms with Gasteiger partial charge in [0, 0.05) is 18.3 Å². The highest BCUT2D eigenvalue weighted by molar-refractivity contribution is 5.63. The Kier molecular flexibility index (Phi) is 3.13. The molecule has 7 nitrogen and oxygen atoms in total. The molecule has 0 saturated carbocycles. The lowest BCUT2D eigenvalue weighted by atomic mass is 10.2. The molecule has 0 atom stereocenters. The van der Waals surface area contributed by atoms with Crippen molar-refractivity contribution in [1.29, 1.82) is 0 Å². The molecule has 0 radical (unpaired) electrons. The quantitative estimate of drug-likeness (QED) is 0.735. The number of tetrazole rings is 1. The molecule has 0 unspecified atom stereocenters. The summed E-state index contributed by atoms with van der Waals surface area (Å²) >= 11 is 0. The molecule has 0 spiro atoms. The number of rotatable bonds is 3. The Morgan fingerprint density at radius 2 is 2.10 bits per heavy atom. The first-order chi connectivity index (χ1) is 10.1. The SMILES string of the molecule is CCc1nn(C)cc1-n1nnnc1-c1cc(N)cc(F)c1. The van der Waals surface area contributed by atoms with Crippen LogP contribution in [0, 0.1) is 5.82 Å². The number of halogens is 1. The number of hydrogen-bond acceptors (Lipinski definition) is 5. The summed E-state index contributed by atoms with van der Waals surface area (Å²) in [4.78, 5) is 0. The summed E-state index contributed by atoms with van der Waals surface area (Å²) < 4.78 is 16.8. The second-order valence-corrected chi connectivity index (χ2v) is 4.68. The summed E-state index contributed by atoms with van der Waals surface area (Å²) in [6.45, 7) is 2.00. The molecule has 3 aromatic rings. The van der Waals surface area contributed by atoms with E-state index in [1.807, 2.05) is 20.2 Å². The minimum atomic E-state index is -0.429. The molecule has 2 aromatic heterocycles. The Labute approximate surface area is 120 Å². The average molecular weight is 287 g/mol. The third kappa shape index (κ3) is 2.35. The van der Waals surface area contributed by atoms with Crippen LogP contribution in [0.1, 0.15) is 12.6 Å². The van der Waals surface area contributed by atoms with E-state index >= 15 is 0 Å². The van der Waals surface area contributed by atoms with E-state index in [1.54, 1.807) is 15.4 Å². The topological polar surface area (TPSA) is 87.4 Å². The van der Waals surface area contributed by atoms with Crippen LogP contribution in [-0.4, -0.2) is 30.0 Å². The summed E-state index contributed by atoms with van der Waals surface area (Å²) in [5.74, 6) is -0.00893. The standard InChI is InChI=1S/C13H14FN7/c1-3-11-12(7-20(2)17-11)21-13(16-18-19-21)8-4-9(14)6-10(15)5-8/h4-7H,3,15H2,1-2H3. The van der Waals surface area contributed by atoms with Crippen LogP contribution in [0.3, 0.4) is 0 Å². The first-order valence-electron chi connectivity index (χ1n) is 6.46. The van der Waals surface area contributed by atoms with Crippen molar-refractivity contribution in [2.24, 2.45) is 7.05 Å². The van der Waals surface area contributed by atoms with Gasteiger partial charge in [-0.05, 0) is 35.0 Å². The maximum Gasteiger partial charge on any atom is 0.187 e. The number of aryl methyl sites for hydroxylation is 2. The van der Waals surface area contributed by atoms with Crippen molar-refractivity contribution in [1.82, 2.24) is 30.0 Å². The van der Waals surface area contributed by atoms with Crippen LogP contribution < -0.4 is 5.73 Å². The van der Waals surface area contributed by atoms with Crippen LogP contribution in [0.5, 0.6) is 0 Å². The van der Waals surface area contributed by atoms with Gasteiger partial charge in [0.2, 0.25) is 0 Å². The minimum Gasteiger partial charge on any atom is -0.399 e. The van der Waals surface area contributed by atoms with Crippen LogP contribution >= 0.6 is 0 Å². The third-order valence-corrected chi connectivity index (χ3v) is 3.09. The van der Waals surface area contributed by atoms with Gasteiger partial charge in [-0.15, -0.1) is 5.10 Å². The molecule has 8 heteroatoms. The van der Waals surface area contributed by atoms with Crippen molar-refractivity contribution < 1.29 is 4.39 Å². The molecule has 0 aliphatic carbocycles. The largest absolute Gasteiger partial charge is 0.399 e. The Morgan fingerprint density at radius 1 is 1.29 bits per heavy atom. The lowest BCUT2D eigenvalue weighted by molar-refractivity contribution is 0.628. The number of nitrogens with two attached hydrogens (primary N) is 1. The Morgan fingerprint density at radius 3 is 2.81 bits per heavy atom. The van der Waals surface area contributed by atoms with Gasteiger partial charge < -0.3 is 5.73 Å². The van der Waals surface area contributed by atoms with Gasteiger partial charge >= 0.3 is 0 Å². The molecule has 0 aliphatic heterocycles. The Bertz CT molecular complexity index is 769. The molecule has 1 aromatic carbocycles. The molecule has 21 heavy (non-hydrogen) atoms. The minimum absolute atomic E-state index is 0.321. The van der Waals surface area contributed by atoms with Gasteiger partial charge in [0.1, 0.15) is 11.5 Å². The summed E-state index contributed by atoms with van der Waals surface area (Å²) in [5.41, 5.74) is 8.14. The predicted molar refractivity (Wildman–Crippen MR) is 75.1 cm³/mol. The molecule has 3 rings (SSSR count). The molecule has 108 valence electrons. The lowest BCUT2D eigenvalue weighted by Crippen LogP contribution is -2.02.